The molecule has 5 nitrogen and oxygen atoms in total. The van der Waals surface area contributed by atoms with Gasteiger partial charge in [-0.3, -0.25) is 4.79 Å². The molecule has 4 aromatic rings. The highest BCUT2D eigenvalue weighted by atomic mass is 16.5. The smallest absolute Gasteiger partial charge is 0.290 e. The van der Waals surface area contributed by atoms with Gasteiger partial charge in [-0.1, -0.05) is 42.5 Å². The lowest BCUT2D eigenvalue weighted by Crippen LogP contribution is -2.48. The van der Waals surface area contributed by atoms with Crippen LogP contribution in [0.5, 0.6) is 5.75 Å². The molecule has 30 heavy (non-hydrogen) atoms. The second-order valence-corrected chi connectivity index (χ2v) is 7.70. The van der Waals surface area contributed by atoms with Crippen molar-refractivity contribution < 1.29 is 13.9 Å². The van der Waals surface area contributed by atoms with Gasteiger partial charge in [0.05, 0.1) is 7.11 Å². The van der Waals surface area contributed by atoms with Crippen molar-refractivity contribution >= 4 is 33.3 Å². The number of hydrogen-bond acceptors (Lipinski definition) is 4. The minimum absolute atomic E-state index is 0.0296. The van der Waals surface area contributed by atoms with Crippen LogP contribution < -0.4 is 9.64 Å². The molecule has 0 unspecified atom stereocenters. The van der Waals surface area contributed by atoms with Crippen molar-refractivity contribution in [1.82, 2.24) is 4.90 Å². The fourth-order valence-electron chi connectivity index (χ4n) is 4.27. The maximum absolute atomic E-state index is 13.3. The molecule has 0 aliphatic carbocycles. The number of aryl methyl sites for hydroxylation is 1. The molecule has 0 radical (unpaired) electrons. The predicted molar refractivity (Wildman–Crippen MR) is 120 cm³/mol. The van der Waals surface area contributed by atoms with Gasteiger partial charge in [0.2, 0.25) is 0 Å². The van der Waals surface area contributed by atoms with Crippen molar-refractivity contribution in [3.8, 4) is 5.75 Å². The third-order valence-corrected chi connectivity index (χ3v) is 6.01. The lowest BCUT2D eigenvalue weighted by atomic mass is 10.1. The number of hydrogen-bond donors (Lipinski definition) is 0. The summed E-state index contributed by atoms with van der Waals surface area (Å²) in [5, 5.41) is 3.16. The summed E-state index contributed by atoms with van der Waals surface area (Å²) in [6.45, 7) is 4.85. The van der Waals surface area contributed by atoms with Crippen LogP contribution >= 0.6 is 0 Å². The van der Waals surface area contributed by atoms with Gasteiger partial charge in [0.1, 0.15) is 11.3 Å². The first-order valence-electron chi connectivity index (χ1n) is 10.2. The van der Waals surface area contributed by atoms with Crippen LogP contribution in [-0.4, -0.2) is 44.1 Å². The zero-order valence-electron chi connectivity index (χ0n) is 17.2. The largest absolute Gasteiger partial charge is 0.497 e. The molecule has 2 heterocycles. The molecule has 3 aromatic carbocycles. The first kappa shape index (κ1) is 18.6. The number of methoxy groups -OCH3 is 1. The minimum Gasteiger partial charge on any atom is -0.497 e. The molecule has 1 fully saturated rings. The average Bonchev–Trinajstić information content (AvgIpc) is 3.15. The van der Waals surface area contributed by atoms with Crippen LogP contribution in [-0.2, 0) is 0 Å². The van der Waals surface area contributed by atoms with Crippen molar-refractivity contribution in [3.63, 3.8) is 0 Å². The number of carbonyl (C=O) groups is 1. The Bertz CT molecular complexity index is 1240. The highest BCUT2D eigenvalue weighted by molar-refractivity contribution is 6.08. The van der Waals surface area contributed by atoms with E-state index in [0.717, 1.165) is 51.8 Å². The molecular formula is C25H24N2O3. The molecule has 1 aliphatic rings. The van der Waals surface area contributed by atoms with Gasteiger partial charge in [0.15, 0.2) is 5.76 Å². The summed E-state index contributed by atoms with van der Waals surface area (Å²) in [5.74, 6) is 1.27. The van der Waals surface area contributed by atoms with E-state index in [9.17, 15) is 4.79 Å². The number of amides is 1. The average molecular weight is 400 g/mol. The second-order valence-electron chi connectivity index (χ2n) is 7.70. The van der Waals surface area contributed by atoms with E-state index in [4.69, 9.17) is 9.15 Å². The predicted octanol–water partition coefficient (Wildman–Crippen LogP) is 4.87. The van der Waals surface area contributed by atoms with Crippen LogP contribution in [0, 0.1) is 6.92 Å². The summed E-state index contributed by atoms with van der Waals surface area (Å²) in [6, 6.07) is 20.3. The Balaban J connectivity index is 1.38. The van der Waals surface area contributed by atoms with E-state index in [1.165, 1.54) is 0 Å². The molecule has 5 heteroatoms. The fourth-order valence-corrected chi connectivity index (χ4v) is 4.27. The standard InChI is InChI=1S/C25H24N2O3/c1-17-21-11-10-18-6-3-4-9-22(18)24(21)30-23(17)25(28)27-14-12-26(13-15-27)19-7-5-8-20(16-19)29-2/h3-11,16H,12-15H2,1-2H3. The highest BCUT2D eigenvalue weighted by Crippen LogP contribution is 2.32. The van der Waals surface area contributed by atoms with Crippen molar-refractivity contribution in [3.05, 3.63) is 72.0 Å². The third kappa shape index (κ3) is 3.07. The minimum atomic E-state index is -0.0296. The van der Waals surface area contributed by atoms with Crippen LogP contribution in [0.2, 0.25) is 0 Å². The van der Waals surface area contributed by atoms with E-state index in [1.807, 2.05) is 54.3 Å². The highest BCUT2D eigenvalue weighted by Gasteiger charge is 2.27. The molecule has 0 atom stereocenters. The Labute approximate surface area is 175 Å². The molecule has 5 rings (SSSR count). The molecule has 0 spiro atoms. The summed E-state index contributed by atoms with van der Waals surface area (Å²) in [4.78, 5) is 17.4. The van der Waals surface area contributed by atoms with E-state index in [0.29, 0.717) is 18.8 Å². The van der Waals surface area contributed by atoms with Gasteiger partial charge in [-0.15, -0.1) is 0 Å². The quantitative estimate of drug-likeness (QED) is 0.492. The monoisotopic (exact) mass is 400 g/mol. The maximum Gasteiger partial charge on any atom is 0.290 e. The third-order valence-electron chi connectivity index (χ3n) is 6.01. The normalized spacial score (nSPS) is 14.5. The van der Waals surface area contributed by atoms with E-state index in [-0.39, 0.29) is 5.91 Å². The summed E-state index contributed by atoms with van der Waals surface area (Å²) >= 11 is 0. The number of benzene rings is 3. The Morgan fingerprint density at radius 3 is 2.53 bits per heavy atom. The van der Waals surface area contributed by atoms with Gasteiger partial charge >= 0.3 is 0 Å². The molecule has 1 saturated heterocycles. The van der Waals surface area contributed by atoms with Gasteiger partial charge in [-0.25, -0.2) is 0 Å². The number of ether oxygens (including phenoxy) is 1. The Hall–Kier alpha value is -3.47. The van der Waals surface area contributed by atoms with Gasteiger partial charge in [-0.2, -0.15) is 0 Å². The summed E-state index contributed by atoms with van der Waals surface area (Å²) < 4.78 is 11.5. The topological polar surface area (TPSA) is 45.9 Å². The number of piperazine rings is 1. The molecular weight excluding hydrogens is 376 g/mol. The van der Waals surface area contributed by atoms with Crippen LogP contribution in [0.1, 0.15) is 16.1 Å². The van der Waals surface area contributed by atoms with Crippen molar-refractivity contribution in [2.45, 2.75) is 6.92 Å². The van der Waals surface area contributed by atoms with E-state index >= 15 is 0 Å². The molecule has 0 saturated carbocycles. The summed E-state index contributed by atoms with van der Waals surface area (Å²) in [5.41, 5.74) is 2.83. The van der Waals surface area contributed by atoms with Crippen molar-refractivity contribution in [2.24, 2.45) is 0 Å². The van der Waals surface area contributed by atoms with Crippen LogP contribution in [0.25, 0.3) is 21.7 Å². The summed E-state index contributed by atoms with van der Waals surface area (Å²) in [6.07, 6.45) is 0. The molecule has 1 amide bonds. The summed E-state index contributed by atoms with van der Waals surface area (Å²) in [7, 11) is 1.68. The van der Waals surface area contributed by atoms with Crippen LogP contribution in [0.3, 0.4) is 0 Å². The van der Waals surface area contributed by atoms with E-state index in [1.54, 1.807) is 7.11 Å². The Morgan fingerprint density at radius 1 is 0.933 bits per heavy atom. The molecule has 1 aliphatic heterocycles. The number of furan rings is 1. The van der Waals surface area contributed by atoms with Gasteiger partial charge in [0.25, 0.3) is 5.91 Å². The molecule has 0 bridgehead atoms. The number of carbonyl (C=O) groups excluding carboxylic acids is 1. The fraction of sp³-hybridized carbons (Fsp3) is 0.240. The Morgan fingerprint density at radius 2 is 1.73 bits per heavy atom. The van der Waals surface area contributed by atoms with Gasteiger partial charge in [-0.05, 0) is 24.4 Å². The molecule has 0 N–H and O–H groups in total. The molecule has 1 aromatic heterocycles. The number of rotatable bonds is 3. The lowest BCUT2D eigenvalue weighted by Gasteiger charge is -2.35. The van der Waals surface area contributed by atoms with Crippen molar-refractivity contribution in [1.29, 1.82) is 0 Å². The van der Waals surface area contributed by atoms with Crippen LogP contribution in [0.4, 0.5) is 5.69 Å². The molecule has 152 valence electrons. The first-order chi connectivity index (χ1) is 14.7. The SMILES string of the molecule is COc1cccc(N2CCN(C(=O)c3oc4c(ccc5ccccc54)c3C)CC2)c1. The lowest BCUT2D eigenvalue weighted by molar-refractivity contribution is 0.0716. The number of fused-ring (bicyclic) bond motifs is 3. The van der Waals surface area contributed by atoms with Gasteiger partial charge < -0.3 is 19.0 Å². The second kappa shape index (κ2) is 7.41. The zero-order valence-corrected chi connectivity index (χ0v) is 17.2. The van der Waals surface area contributed by atoms with Crippen LogP contribution in [0.15, 0.2) is 65.1 Å². The maximum atomic E-state index is 13.3. The number of nitrogens with zero attached hydrogens (tertiary/aromatic N) is 2. The Kier molecular flexibility index (Phi) is 4.58. The van der Waals surface area contributed by atoms with E-state index < -0.39 is 0 Å². The van der Waals surface area contributed by atoms with Gasteiger partial charge in [0, 0.05) is 54.3 Å². The number of anilines is 1. The van der Waals surface area contributed by atoms with E-state index in [2.05, 4.69) is 23.1 Å². The zero-order chi connectivity index (χ0) is 20.7. The van der Waals surface area contributed by atoms with Crippen molar-refractivity contribution in [2.75, 3.05) is 38.2 Å². The first-order valence-corrected chi connectivity index (χ1v) is 10.2.